The maximum atomic E-state index is 11.9. The third kappa shape index (κ3) is 6.68. The Bertz CT molecular complexity index is 772. The van der Waals surface area contributed by atoms with E-state index in [9.17, 15) is 9.59 Å². The van der Waals surface area contributed by atoms with Crippen molar-refractivity contribution >= 4 is 34.0 Å². The monoisotopic (exact) mass is 417 g/mol. The number of hydrazone groups is 1. The molecule has 0 aromatic heterocycles. The predicted octanol–water partition coefficient (Wildman–Crippen LogP) is 3.12. The van der Waals surface area contributed by atoms with Gasteiger partial charge in [-0.2, -0.15) is 5.10 Å². The lowest BCUT2D eigenvalue weighted by molar-refractivity contribution is -0.123. The molecule has 0 aliphatic heterocycles. The van der Waals surface area contributed by atoms with Gasteiger partial charge in [-0.3, -0.25) is 9.59 Å². The molecular weight excluding hydrogens is 398 g/mol. The standard InChI is InChI=1S/C19H20BrN3O3/c1-13(2)22-18(24)12-26-17-9-3-14(4-10-17)11-21-23-19(25)15-5-7-16(20)8-6-15/h3-11,13H,12H2,1-2H3,(H,22,24)(H,23,25)/b21-11-. The average molecular weight is 418 g/mol. The molecular formula is C19H20BrN3O3. The van der Waals surface area contributed by atoms with Crippen molar-refractivity contribution in [3.63, 3.8) is 0 Å². The number of nitrogens with one attached hydrogen (secondary N) is 2. The molecule has 0 saturated carbocycles. The Morgan fingerprint density at radius 3 is 2.38 bits per heavy atom. The van der Waals surface area contributed by atoms with Crippen molar-refractivity contribution in [1.82, 2.24) is 10.7 Å². The zero-order valence-electron chi connectivity index (χ0n) is 14.5. The highest BCUT2D eigenvalue weighted by atomic mass is 79.9. The van der Waals surface area contributed by atoms with Crippen LogP contribution in [0, 0.1) is 0 Å². The van der Waals surface area contributed by atoms with Crippen molar-refractivity contribution in [2.45, 2.75) is 19.9 Å². The van der Waals surface area contributed by atoms with Gasteiger partial charge in [0, 0.05) is 16.1 Å². The molecule has 0 heterocycles. The zero-order valence-corrected chi connectivity index (χ0v) is 16.1. The van der Waals surface area contributed by atoms with E-state index in [1.54, 1.807) is 48.5 Å². The molecule has 0 bridgehead atoms. The SMILES string of the molecule is CC(C)NC(=O)COc1ccc(/C=N\NC(=O)c2ccc(Br)cc2)cc1. The van der Waals surface area contributed by atoms with Gasteiger partial charge >= 0.3 is 0 Å². The number of halogens is 1. The zero-order chi connectivity index (χ0) is 18.9. The highest BCUT2D eigenvalue weighted by molar-refractivity contribution is 9.10. The van der Waals surface area contributed by atoms with Gasteiger partial charge in [0.25, 0.3) is 11.8 Å². The molecule has 0 radical (unpaired) electrons. The van der Waals surface area contributed by atoms with Gasteiger partial charge in [0.05, 0.1) is 6.21 Å². The number of rotatable bonds is 7. The van der Waals surface area contributed by atoms with E-state index in [2.05, 4.69) is 31.8 Å². The fourth-order valence-corrected chi connectivity index (χ4v) is 2.26. The van der Waals surface area contributed by atoms with Crippen LogP contribution in [0.5, 0.6) is 5.75 Å². The van der Waals surface area contributed by atoms with Gasteiger partial charge in [0.1, 0.15) is 5.75 Å². The molecule has 0 spiro atoms. The molecule has 0 aliphatic carbocycles. The molecule has 0 atom stereocenters. The largest absolute Gasteiger partial charge is 0.484 e. The average Bonchev–Trinajstić information content (AvgIpc) is 2.61. The van der Waals surface area contributed by atoms with Gasteiger partial charge in [-0.1, -0.05) is 15.9 Å². The predicted molar refractivity (Wildman–Crippen MR) is 104 cm³/mol. The van der Waals surface area contributed by atoms with Crippen molar-refractivity contribution in [2.75, 3.05) is 6.61 Å². The van der Waals surface area contributed by atoms with Crippen LogP contribution in [-0.4, -0.2) is 30.7 Å². The van der Waals surface area contributed by atoms with Gasteiger partial charge in [0.2, 0.25) is 0 Å². The van der Waals surface area contributed by atoms with Crippen molar-refractivity contribution in [2.24, 2.45) is 5.10 Å². The van der Waals surface area contributed by atoms with Crippen LogP contribution in [0.15, 0.2) is 58.1 Å². The third-order valence-electron chi connectivity index (χ3n) is 3.19. The van der Waals surface area contributed by atoms with Crippen molar-refractivity contribution in [1.29, 1.82) is 0 Å². The fourth-order valence-electron chi connectivity index (χ4n) is 1.99. The highest BCUT2D eigenvalue weighted by Crippen LogP contribution is 2.11. The molecule has 0 aliphatic rings. The summed E-state index contributed by atoms with van der Waals surface area (Å²) < 4.78 is 6.31. The molecule has 2 rings (SSSR count). The van der Waals surface area contributed by atoms with Crippen LogP contribution in [0.1, 0.15) is 29.8 Å². The number of amides is 2. The molecule has 2 aromatic carbocycles. The van der Waals surface area contributed by atoms with E-state index < -0.39 is 0 Å². The number of carbonyl (C=O) groups excluding carboxylic acids is 2. The first-order valence-corrected chi connectivity index (χ1v) is 8.84. The minimum atomic E-state index is -0.287. The second-order valence-electron chi connectivity index (χ2n) is 5.79. The molecule has 0 unspecified atom stereocenters. The van der Waals surface area contributed by atoms with Crippen LogP contribution in [0.25, 0.3) is 0 Å². The third-order valence-corrected chi connectivity index (χ3v) is 3.71. The van der Waals surface area contributed by atoms with Crippen molar-refractivity contribution in [3.8, 4) is 5.75 Å². The van der Waals surface area contributed by atoms with Gasteiger partial charge in [-0.15, -0.1) is 0 Å². The number of benzene rings is 2. The second kappa shape index (κ2) is 9.72. The minimum Gasteiger partial charge on any atom is -0.484 e. The van der Waals surface area contributed by atoms with E-state index in [4.69, 9.17) is 4.74 Å². The van der Waals surface area contributed by atoms with E-state index in [0.29, 0.717) is 11.3 Å². The number of carbonyl (C=O) groups is 2. The Labute approximate surface area is 160 Å². The summed E-state index contributed by atoms with van der Waals surface area (Å²) >= 11 is 3.32. The van der Waals surface area contributed by atoms with E-state index >= 15 is 0 Å². The first-order chi connectivity index (χ1) is 12.4. The summed E-state index contributed by atoms with van der Waals surface area (Å²) in [5, 5.41) is 6.69. The molecule has 2 aromatic rings. The smallest absolute Gasteiger partial charge is 0.271 e. The Hall–Kier alpha value is -2.67. The Kier molecular flexibility index (Phi) is 7.35. The van der Waals surface area contributed by atoms with Crippen LogP contribution in [0.3, 0.4) is 0 Å². The van der Waals surface area contributed by atoms with Crippen LogP contribution in [-0.2, 0) is 4.79 Å². The molecule has 0 fully saturated rings. The Morgan fingerprint density at radius 2 is 1.77 bits per heavy atom. The molecule has 26 heavy (non-hydrogen) atoms. The molecule has 7 heteroatoms. The van der Waals surface area contributed by atoms with Crippen molar-refractivity contribution < 1.29 is 14.3 Å². The van der Waals surface area contributed by atoms with E-state index in [1.807, 2.05) is 13.8 Å². The summed E-state index contributed by atoms with van der Waals surface area (Å²) in [7, 11) is 0. The van der Waals surface area contributed by atoms with Crippen LogP contribution in [0.4, 0.5) is 0 Å². The second-order valence-corrected chi connectivity index (χ2v) is 6.70. The fraction of sp³-hybridized carbons (Fsp3) is 0.211. The lowest BCUT2D eigenvalue weighted by Crippen LogP contribution is -2.34. The molecule has 0 saturated heterocycles. The van der Waals surface area contributed by atoms with Crippen molar-refractivity contribution in [3.05, 3.63) is 64.1 Å². The lowest BCUT2D eigenvalue weighted by atomic mass is 10.2. The Balaban J connectivity index is 1.82. The molecule has 2 amide bonds. The van der Waals surface area contributed by atoms with Crippen LogP contribution >= 0.6 is 15.9 Å². The number of nitrogens with zero attached hydrogens (tertiary/aromatic N) is 1. The number of hydrogen-bond donors (Lipinski definition) is 2. The highest BCUT2D eigenvalue weighted by Gasteiger charge is 2.05. The Morgan fingerprint density at radius 1 is 1.12 bits per heavy atom. The maximum Gasteiger partial charge on any atom is 0.271 e. The first kappa shape index (κ1) is 19.7. The summed E-state index contributed by atoms with van der Waals surface area (Å²) in [5.74, 6) is 0.131. The topological polar surface area (TPSA) is 79.8 Å². The van der Waals surface area contributed by atoms with Crippen LogP contribution in [0.2, 0.25) is 0 Å². The van der Waals surface area contributed by atoms with Gasteiger partial charge in [-0.05, 0) is 67.9 Å². The first-order valence-electron chi connectivity index (χ1n) is 8.05. The van der Waals surface area contributed by atoms with E-state index in [0.717, 1.165) is 10.0 Å². The van der Waals surface area contributed by atoms with E-state index in [-0.39, 0.29) is 24.5 Å². The van der Waals surface area contributed by atoms with Gasteiger partial charge in [0.15, 0.2) is 6.61 Å². The summed E-state index contributed by atoms with van der Waals surface area (Å²) in [5.41, 5.74) is 3.78. The summed E-state index contributed by atoms with van der Waals surface area (Å²) in [6.45, 7) is 3.75. The summed E-state index contributed by atoms with van der Waals surface area (Å²) in [6.07, 6.45) is 1.53. The lowest BCUT2D eigenvalue weighted by Gasteiger charge is -2.09. The number of hydrogen-bond acceptors (Lipinski definition) is 4. The molecule has 6 nitrogen and oxygen atoms in total. The summed E-state index contributed by atoms with van der Waals surface area (Å²) in [4.78, 5) is 23.5. The quantitative estimate of drug-likeness (QED) is 0.536. The van der Waals surface area contributed by atoms with Gasteiger partial charge < -0.3 is 10.1 Å². The summed E-state index contributed by atoms with van der Waals surface area (Å²) in [6, 6.07) is 14.1. The molecule has 2 N–H and O–H groups in total. The maximum absolute atomic E-state index is 11.9. The van der Waals surface area contributed by atoms with E-state index in [1.165, 1.54) is 6.21 Å². The molecule has 136 valence electrons. The normalized spacial score (nSPS) is 10.8. The number of ether oxygens (including phenoxy) is 1. The van der Waals surface area contributed by atoms with Gasteiger partial charge in [-0.25, -0.2) is 5.43 Å². The van der Waals surface area contributed by atoms with Crippen LogP contribution < -0.4 is 15.5 Å². The minimum absolute atomic E-state index is 0.0329.